The first-order valence-electron chi connectivity index (χ1n) is 3.90. The third kappa shape index (κ3) is 2.17. The Morgan fingerprint density at radius 3 is 2.73 bits per heavy atom. The topological polar surface area (TPSA) is 64.3 Å². The van der Waals surface area contributed by atoms with Gasteiger partial charge in [-0.15, -0.1) is 0 Å². The van der Waals surface area contributed by atoms with E-state index in [9.17, 15) is 4.79 Å². The van der Waals surface area contributed by atoms with Crippen LogP contribution in [-0.4, -0.2) is 18.1 Å². The predicted octanol–water partition coefficient (Wildman–Crippen LogP) is -0.0661. The van der Waals surface area contributed by atoms with Gasteiger partial charge in [0, 0.05) is 0 Å². The molecule has 4 nitrogen and oxygen atoms in total. The van der Waals surface area contributed by atoms with E-state index in [0.717, 1.165) is 12.8 Å². The molecule has 0 aromatic carbocycles. The quantitative estimate of drug-likeness (QED) is 0.343. The van der Waals surface area contributed by atoms with Crippen LogP contribution in [0.15, 0.2) is 0 Å². The Morgan fingerprint density at radius 1 is 1.73 bits per heavy atom. The fraction of sp³-hybridized carbons (Fsp3) is 0.857. The van der Waals surface area contributed by atoms with Gasteiger partial charge in [0.2, 0.25) is 0 Å². The Hall–Kier alpha value is -0.610. The van der Waals surface area contributed by atoms with E-state index < -0.39 is 6.10 Å². The largest absolute Gasteiger partial charge is 0.365 e. The van der Waals surface area contributed by atoms with Crippen molar-refractivity contribution in [2.24, 2.45) is 5.84 Å². The van der Waals surface area contributed by atoms with Crippen molar-refractivity contribution in [1.82, 2.24) is 5.43 Å². The van der Waals surface area contributed by atoms with Crippen LogP contribution in [0, 0.1) is 0 Å². The average Bonchev–Trinajstić information content (AvgIpc) is 1.94. The van der Waals surface area contributed by atoms with Gasteiger partial charge in [0.05, 0.1) is 6.10 Å². The molecular formula is C7H14N2O2. The summed E-state index contributed by atoms with van der Waals surface area (Å²) in [5.41, 5.74) is 2.05. The minimum absolute atomic E-state index is 0.253. The monoisotopic (exact) mass is 158 g/mol. The summed E-state index contributed by atoms with van der Waals surface area (Å²) in [6.07, 6.45) is 3.22. The second-order valence-electron chi connectivity index (χ2n) is 2.84. The summed E-state index contributed by atoms with van der Waals surface area (Å²) in [4.78, 5) is 10.8. The van der Waals surface area contributed by atoms with Gasteiger partial charge < -0.3 is 4.74 Å². The molecule has 0 aromatic rings. The van der Waals surface area contributed by atoms with Gasteiger partial charge in [-0.05, 0) is 26.2 Å². The van der Waals surface area contributed by atoms with E-state index in [2.05, 4.69) is 5.43 Å². The SMILES string of the molecule is CC(OC1CCC1)C(=O)NN. The molecule has 1 aliphatic carbocycles. The summed E-state index contributed by atoms with van der Waals surface area (Å²) in [7, 11) is 0. The normalized spacial score (nSPS) is 20.5. The summed E-state index contributed by atoms with van der Waals surface area (Å²) in [5.74, 6) is 4.68. The lowest BCUT2D eigenvalue weighted by Gasteiger charge is -2.27. The molecule has 1 rings (SSSR count). The van der Waals surface area contributed by atoms with Gasteiger partial charge in [-0.1, -0.05) is 0 Å². The Bertz CT molecular complexity index is 145. The molecule has 64 valence electrons. The molecule has 11 heavy (non-hydrogen) atoms. The summed E-state index contributed by atoms with van der Waals surface area (Å²) in [6, 6.07) is 0. The first-order chi connectivity index (χ1) is 5.24. The standard InChI is InChI=1S/C7H14N2O2/c1-5(7(10)9-8)11-6-3-2-4-6/h5-6H,2-4,8H2,1H3,(H,9,10). The zero-order valence-electron chi connectivity index (χ0n) is 6.67. The Kier molecular flexibility index (Phi) is 2.84. The number of hydrazine groups is 1. The maximum Gasteiger partial charge on any atom is 0.262 e. The van der Waals surface area contributed by atoms with Crippen LogP contribution in [0.2, 0.25) is 0 Å². The molecule has 0 aliphatic heterocycles. The van der Waals surface area contributed by atoms with Crippen molar-refractivity contribution >= 4 is 5.91 Å². The molecule has 1 saturated carbocycles. The first kappa shape index (κ1) is 8.49. The molecule has 1 unspecified atom stereocenters. The van der Waals surface area contributed by atoms with Gasteiger partial charge in [-0.25, -0.2) is 5.84 Å². The van der Waals surface area contributed by atoms with Crippen LogP contribution in [0.5, 0.6) is 0 Å². The van der Waals surface area contributed by atoms with Crippen molar-refractivity contribution in [3.8, 4) is 0 Å². The molecule has 0 heterocycles. The lowest BCUT2D eigenvalue weighted by molar-refractivity contribution is -0.138. The molecule has 0 radical (unpaired) electrons. The zero-order chi connectivity index (χ0) is 8.27. The predicted molar refractivity (Wildman–Crippen MR) is 40.5 cm³/mol. The summed E-state index contributed by atoms with van der Waals surface area (Å²) >= 11 is 0. The van der Waals surface area contributed by atoms with E-state index in [1.54, 1.807) is 6.92 Å². The van der Waals surface area contributed by atoms with Crippen LogP contribution >= 0.6 is 0 Å². The zero-order valence-corrected chi connectivity index (χ0v) is 6.67. The molecule has 1 atom stereocenters. The van der Waals surface area contributed by atoms with E-state index in [1.807, 2.05) is 0 Å². The van der Waals surface area contributed by atoms with Gasteiger partial charge in [0.25, 0.3) is 5.91 Å². The van der Waals surface area contributed by atoms with Crippen LogP contribution in [0.3, 0.4) is 0 Å². The molecule has 1 fully saturated rings. The van der Waals surface area contributed by atoms with E-state index >= 15 is 0 Å². The fourth-order valence-electron chi connectivity index (χ4n) is 0.975. The van der Waals surface area contributed by atoms with Crippen molar-refractivity contribution in [2.75, 3.05) is 0 Å². The van der Waals surface area contributed by atoms with Crippen LogP contribution in [-0.2, 0) is 9.53 Å². The van der Waals surface area contributed by atoms with E-state index in [4.69, 9.17) is 10.6 Å². The number of ether oxygens (including phenoxy) is 1. The molecule has 0 saturated heterocycles. The molecular weight excluding hydrogens is 144 g/mol. The van der Waals surface area contributed by atoms with Gasteiger partial charge in [0.15, 0.2) is 0 Å². The molecule has 4 heteroatoms. The molecule has 0 spiro atoms. The number of nitrogens with one attached hydrogen (secondary N) is 1. The smallest absolute Gasteiger partial charge is 0.262 e. The minimum atomic E-state index is -0.412. The summed E-state index contributed by atoms with van der Waals surface area (Å²) in [6.45, 7) is 1.71. The fourth-order valence-corrected chi connectivity index (χ4v) is 0.975. The number of hydrogen-bond donors (Lipinski definition) is 2. The second kappa shape index (κ2) is 3.69. The van der Waals surface area contributed by atoms with Gasteiger partial charge in [-0.2, -0.15) is 0 Å². The maximum atomic E-state index is 10.8. The maximum absolute atomic E-state index is 10.8. The highest BCUT2D eigenvalue weighted by Crippen LogP contribution is 2.22. The van der Waals surface area contributed by atoms with E-state index in [0.29, 0.717) is 0 Å². The van der Waals surface area contributed by atoms with Crippen molar-refractivity contribution in [1.29, 1.82) is 0 Å². The van der Waals surface area contributed by atoms with Crippen molar-refractivity contribution in [3.63, 3.8) is 0 Å². The van der Waals surface area contributed by atoms with Gasteiger partial charge in [-0.3, -0.25) is 10.2 Å². The van der Waals surface area contributed by atoms with Crippen LogP contribution in [0.25, 0.3) is 0 Å². The molecule has 0 bridgehead atoms. The van der Waals surface area contributed by atoms with E-state index in [1.165, 1.54) is 6.42 Å². The van der Waals surface area contributed by atoms with Crippen molar-refractivity contribution in [3.05, 3.63) is 0 Å². The molecule has 1 amide bonds. The summed E-state index contributed by atoms with van der Waals surface area (Å²) < 4.78 is 5.35. The van der Waals surface area contributed by atoms with E-state index in [-0.39, 0.29) is 12.0 Å². The number of hydrogen-bond acceptors (Lipinski definition) is 3. The van der Waals surface area contributed by atoms with Gasteiger partial charge >= 0.3 is 0 Å². The van der Waals surface area contributed by atoms with Crippen molar-refractivity contribution < 1.29 is 9.53 Å². The second-order valence-corrected chi connectivity index (χ2v) is 2.84. The van der Waals surface area contributed by atoms with Crippen molar-refractivity contribution in [2.45, 2.75) is 38.4 Å². The number of rotatable bonds is 3. The molecule has 3 N–H and O–H groups in total. The average molecular weight is 158 g/mol. The number of amides is 1. The highest BCUT2D eigenvalue weighted by atomic mass is 16.5. The first-order valence-corrected chi connectivity index (χ1v) is 3.90. The Morgan fingerprint density at radius 2 is 2.36 bits per heavy atom. The number of carbonyl (C=O) groups is 1. The highest BCUT2D eigenvalue weighted by molar-refractivity contribution is 5.79. The lowest BCUT2D eigenvalue weighted by Crippen LogP contribution is -2.41. The third-order valence-electron chi connectivity index (χ3n) is 1.96. The Labute approximate surface area is 66.1 Å². The van der Waals surface area contributed by atoms with Crippen LogP contribution in [0.1, 0.15) is 26.2 Å². The molecule has 0 aromatic heterocycles. The van der Waals surface area contributed by atoms with Crippen LogP contribution < -0.4 is 11.3 Å². The highest BCUT2D eigenvalue weighted by Gasteiger charge is 2.23. The third-order valence-corrected chi connectivity index (χ3v) is 1.96. The minimum Gasteiger partial charge on any atom is -0.365 e. The lowest BCUT2D eigenvalue weighted by atomic mass is 9.96. The van der Waals surface area contributed by atoms with Gasteiger partial charge in [0.1, 0.15) is 6.10 Å². The van der Waals surface area contributed by atoms with Crippen LogP contribution in [0.4, 0.5) is 0 Å². The Balaban J connectivity index is 2.18. The number of carbonyl (C=O) groups excluding carboxylic acids is 1. The number of nitrogens with two attached hydrogens (primary N) is 1. The molecule has 1 aliphatic rings. The summed E-state index contributed by atoms with van der Waals surface area (Å²) in [5, 5.41) is 0.